The standard InChI is InChI=1S/C8H10N4O2S/c1-5-3-6(11-14-5)4-15-8-10-9-7(13)12(8)2/h3H,4H2,1-2H3,(H,9,13). The van der Waals surface area contributed by atoms with Gasteiger partial charge in [0.05, 0.1) is 5.69 Å². The van der Waals surface area contributed by atoms with Gasteiger partial charge in [0, 0.05) is 18.9 Å². The van der Waals surface area contributed by atoms with Gasteiger partial charge < -0.3 is 4.52 Å². The highest BCUT2D eigenvalue weighted by molar-refractivity contribution is 7.98. The number of aromatic nitrogens is 4. The lowest BCUT2D eigenvalue weighted by Gasteiger charge is -1.95. The molecule has 0 spiro atoms. The molecule has 1 N–H and O–H groups in total. The summed E-state index contributed by atoms with van der Waals surface area (Å²) in [7, 11) is 1.67. The molecular weight excluding hydrogens is 216 g/mol. The highest BCUT2D eigenvalue weighted by atomic mass is 32.2. The zero-order chi connectivity index (χ0) is 10.8. The molecule has 15 heavy (non-hydrogen) atoms. The molecule has 0 bridgehead atoms. The second kappa shape index (κ2) is 3.93. The molecule has 6 nitrogen and oxygen atoms in total. The lowest BCUT2D eigenvalue weighted by molar-refractivity contribution is 0.393. The Bertz CT molecular complexity index is 513. The molecule has 2 rings (SSSR count). The van der Waals surface area contributed by atoms with Crippen LogP contribution in [0.4, 0.5) is 0 Å². The van der Waals surface area contributed by atoms with E-state index in [0.717, 1.165) is 11.5 Å². The first-order valence-electron chi connectivity index (χ1n) is 4.33. The van der Waals surface area contributed by atoms with E-state index in [1.807, 2.05) is 13.0 Å². The van der Waals surface area contributed by atoms with E-state index in [1.54, 1.807) is 7.05 Å². The number of nitrogens with one attached hydrogen (secondary N) is 1. The van der Waals surface area contributed by atoms with Gasteiger partial charge in [0.25, 0.3) is 0 Å². The highest BCUT2D eigenvalue weighted by Crippen LogP contribution is 2.18. The van der Waals surface area contributed by atoms with E-state index < -0.39 is 0 Å². The van der Waals surface area contributed by atoms with Crippen LogP contribution in [-0.4, -0.2) is 19.9 Å². The Balaban J connectivity index is 2.05. The monoisotopic (exact) mass is 226 g/mol. The number of nitrogens with zero attached hydrogens (tertiary/aromatic N) is 3. The molecule has 0 unspecified atom stereocenters. The van der Waals surface area contributed by atoms with Gasteiger partial charge in [-0.15, -0.1) is 5.10 Å². The Labute approximate surface area is 89.7 Å². The summed E-state index contributed by atoms with van der Waals surface area (Å²) in [5, 5.41) is 10.7. The second-order valence-electron chi connectivity index (χ2n) is 3.09. The Hall–Kier alpha value is -1.50. The van der Waals surface area contributed by atoms with Crippen molar-refractivity contribution in [1.82, 2.24) is 19.9 Å². The van der Waals surface area contributed by atoms with Gasteiger partial charge in [-0.25, -0.2) is 9.89 Å². The molecule has 0 fully saturated rings. The Morgan fingerprint density at radius 3 is 3.00 bits per heavy atom. The van der Waals surface area contributed by atoms with Crippen molar-refractivity contribution in [2.24, 2.45) is 7.05 Å². The number of hydrogen-bond donors (Lipinski definition) is 1. The van der Waals surface area contributed by atoms with Crippen molar-refractivity contribution >= 4 is 11.8 Å². The summed E-state index contributed by atoms with van der Waals surface area (Å²) in [6.07, 6.45) is 0. The zero-order valence-corrected chi connectivity index (χ0v) is 9.17. The van der Waals surface area contributed by atoms with Crippen LogP contribution in [-0.2, 0) is 12.8 Å². The molecule has 2 aromatic rings. The number of hydrogen-bond acceptors (Lipinski definition) is 5. The number of thioether (sulfide) groups is 1. The van der Waals surface area contributed by atoms with Gasteiger partial charge in [-0.2, -0.15) is 0 Å². The quantitative estimate of drug-likeness (QED) is 0.779. The summed E-state index contributed by atoms with van der Waals surface area (Å²) in [5.41, 5.74) is 0.627. The minimum absolute atomic E-state index is 0.214. The predicted octanol–water partition coefficient (Wildman–Crippen LogP) is 0.697. The molecule has 0 atom stereocenters. The van der Waals surface area contributed by atoms with E-state index in [2.05, 4.69) is 15.4 Å². The van der Waals surface area contributed by atoms with Crippen molar-refractivity contribution in [2.45, 2.75) is 17.8 Å². The van der Waals surface area contributed by atoms with Gasteiger partial charge in [-0.3, -0.25) is 4.57 Å². The number of aryl methyl sites for hydroxylation is 1. The molecule has 0 saturated heterocycles. The molecule has 2 heterocycles. The lowest BCUT2D eigenvalue weighted by Crippen LogP contribution is -2.12. The fraction of sp³-hybridized carbons (Fsp3) is 0.375. The first-order chi connectivity index (χ1) is 7.16. The summed E-state index contributed by atoms with van der Waals surface area (Å²) < 4.78 is 6.38. The van der Waals surface area contributed by atoms with Crippen molar-refractivity contribution in [2.75, 3.05) is 0 Å². The normalized spacial score (nSPS) is 10.8. The van der Waals surface area contributed by atoms with E-state index in [0.29, 0.717) is 10.9 Å². The van der Waals surface area contributed by atoms with Crippen molar-refractivity contribution in [3.63, 3.8) is 0 Å². The molecule has 0 amide bonds. The third-order valence-electron chi connectivity index (χ3n) is 1.86. The fourth-order valence-electron chi connectivity index (χ4n) is 1.09. The van der Waals surface area contributed by atoms with Crippen LogP contribution in [0.25, 0.3) is 0 Å². The average Bonchev–Trinajstić information content (AvgIpc) is 2.74. The number of rotatable bonds is 3. The van der Waals surface area contributed by atoms with Crippen molar-refractivity contribution in [3.8, 4) is 0 Å². The largest absolute Gasteiger partial charge is 0.361 e. The van der Waals surface area contributed by atoms with Crippen LogP contribution < -0.4 is 5.69 Å². The molecule has 0 radical (unpaired) electrons. The summed E-state index contributed by atoms with van der Waals surface area (Å²) >= 11 is 1.43. The van der Waals surface area contributed by atoms with Gasteiger partial charge in [-0.1, -0.05) is 16.9 Å². The summed E-state index contributed by atoms with van der Waals surface area (Å²) in [4.78, 5) is 11.1. The Morgan fingerprint density at radius 1 is 1.67 bits per heavy atom. The summed E-state index contributed by atoms with van der Waals surface area (Å²) in [5.74, 6) is 1.41. The van der Waals surface area contributed by atoms with Gasteiger partial charge in [0.15, 0.2) is 5.16 Å². The van der Waals surface area contributed by atoms with Crippen molar-refractivity contribution in [3.05, 3.63) is 28.0 Å². The first-order valence-corrected chi connectivity index (χ1v) is 5.32. The number of aromatic amines is 1. The highest BCUT2D eigenvalue weighted by Gasteiger charge is 2.07. The van der Waals surface area contributed by atoms with Gasteiger partial charge in [0.1, 0.15) is 5.76 Å². The topological polar surface area (TPSA) is 76.7 Å². The molecule has 0 aromatic carbocycles. The lowest BCUT2D eigenvalue weighted by atomic mass is 10.4. The van der Waals surface area contributed by atoms with Gasteiger partial charge in [-0.05, 0) is 6.92 Å². The third-order valence-corrected chi connectivity index (χ3v) is 2.93. The molecule has 80 valence electrons. The van der Waals surface area contributed by atoms with Crippen LogP contribution in [0.3, 0.4) is 0 Å². The average molecular weight is 226 g/mol. The van der Waals surface area contributed by atoms with Crippen LogP contribution in [0.1, 0.15) is 11.5 Å². The molecule has 0 aliphatic rings. The maximum absolute atomic E-state index is 11.1. The van der Waals surface area contributed by atoms with Crippen LogP contribution in [0.15, 0.2) is 20.5 Å². The number of H-pyrrole nitrogens is 1. The molecule has 0 aliphatic heterocycles. The zero-order valence-electron chi connectivity index (χ0n) is 8.35. The maximum Gasteiger partial charge on any atom is 0.343 e. The predicted molar refractivity (Wildman–Crippen MR) is 54.6 cm³/mol. The van der Waals surface area contributed by atoms with Gasteiger partial charge in [0.2, 0.25) is 0 Å². The smallest absolute Gasteiger partial charge is 0.343 e. The molecule has 7 heteroatoms. The van der Waals surface area contributed by atoms with E-state index in [9.17, 15) is 4.79 Å². The van der Waals surface area contributed by atoms with Crippen LogP contribution in [0.2, 0.25) is 0 Å². The minimum atomic E-state index is -0.214. The molecule has 0 aliphatic carbocycles. The summed E-state index contributed by atoms with van der Waals surface area (Å²) in [6, 6.07) is 1.86. The van der Waals surface area contributed by atoms with E-state index in [-0.39, 0.29) is 5.69 Å². The van der Waals surface area contributed by atoms with Crippen molar-refractivity contribution in [1.29, 1.82) is 0 Å². The van der Waals surface area contributed by atoms with E-state index >= 15 is 0 Å². The van der Waals surface area contributed by atoms with Crippen LogP contribution in [0, 0.1) is 6.92 Å². The fourth-order valence-corrected chi connectivity index (χ4v) is 1.89. The molecule has 2 aromatic heterocycles. The SMILES string of the molecule is Cc1cc(CSc2n[nH]c(=O)n2C)no1. The van der Waals surface area contributed by atoms with Crippen molar-refractivity contribution < 1.29 is 4.52 Å². The molecular formula is C8H10N4O2S. The van der Waals surface area contributed by atoms with Crippen LogP contribution in [0.5, 0.6) is 0 Å². The third kappa shape index (κ3) is 2.12. The second-order valence-corrected chi connectivity index (χ2v) is 4.03. The first kappa shape index (κ1) is 10.0. The Morgan fingerprint density at radius 2 is 2.47 bits per heavy atom. The maximum atomic E-state index is 11.1. The van der Waals surface area contributed by atoms with Gasteiger partial charge >= 0.3 is 5.69 Å². The minimum Gasteiger partial charge on any atom is -0.361 e. The van der Waals surface area contributed by atoms with Crippen LogP contribution >= 0.6 is 11.8 Å². The summed E-state index contributed by atoms with van der Waals surface area (Å²) in [6.45, 7) is 1.84. The Kier molecular flexibility index (Phi) is 2.63. The van der Waals surface area contributed by atoms with E-state index in [1.165, 1.54) is 16.3 Å². The van der Waals surface area contributed by atoms with E-state index in [4.69, 9.17) is 4.52 Å². The molecule has 0 saturated carbocycles.